The summed E-state index contributed by atoms with van der Waals surface area (Å²) in [5.41, 5.74) is 2.75. The number of benzene rings is 1. The predicted molar refractivity (Wildman–Crippen MR) is 55.5 cm³/mol. The van der Waals surface area contributed by atoms with E-state index in [-0.39, 0.29) is 4.93 Å². The molecule has 2 aliphatic rings. The highest BCUT2D eigenvalue weighted by Gasteiger charge is 2.57. The maximum atomic E-state index is 5.49. The number of hydrogen-bond acceptors (Lipinski definition) is 2. The molecule has 1 aromatic rings. The fourth-order valence-corrected chi connectivity index (χ4v) is 3.07. The first-order valence-corrected chi connectivity index (χ1v) is 5.25. The molecule has 0 spiro atoms. The molecular formula is C11H10OS. The second-order valence-electron chi connectivity index (χ2n) is 3.39. The highest BCUT2D eigenvalue weighted by molar-refractivity contribution is 8.08. The van der Waals surface area contributed by atoms with E-state index in [9.17, 15) is 0 Å². The van der Waals surface area contributed by atoms with Crippen LogP contribution in [0.25, 0.3) is 6.08 Å². The maximum absolute atomic E-state index is 5.49. The Hall–Kier alpha value is -0.730. The molecule has 1 aliphatic carbocycles. The van der Waals surface area contributed by atoms with Crippen molar-refractivity contribution in [3.63, 3.8) is 0 Å². The van der Waals surface area contributed by atoms with Crippen LogP contribution in [0.2, 0.25) is 0 Å². The normalized spacial score (nSPS) is 33.8. The fourth-order valence-electron chi connectivity index (χ4n) is 1.89. The van der Waals surface area contributed by atoms with Crippen LogP contribution in [-0.2, 0) is 4.74 Å². The van der Waals surface area contributed by atoms with Gasteiger partial charge in [-0.1, -0.05) is 30.3 Å². The first kappa shape index (κ1) is 7.65. The van der Waals surface area contributed by atoms with Gasteiger partial charge in [0.1, 0.15) is 4.93 Å². The second kappa shape index (κ2) is 2.40. The van der Waals surface area contributed by atoms with Crippen molar-refractivity contribution in [3.8, 4) is 0 Å². The number of ether oxygens (including phenoxy) is 1. The molecule has 3 rings (SSSR count). The minimum absolute atomic E-state index is 0.0334. The molecule has 0 saturated carbocycles. The summed E-state index contributed by atoms with van der Waals surface area (Å²) in [6, 6.07) is 8.52. The van der Waals surface area contributed by atoms with Crippen molar-refractivity contribution < 1.29 is 4.74 Å². The Morgan fingerprint density at radius 3 is 3.08 bits per heavy atom. The van der Waals surface area contributed by atoms with Gasteiger partial charge in [0.25, 0.3) is 0 Å². The molecule has 1 heterocycles. The highest BCUT2D eigenvalue weighted by atomic mass is 32.2. The second-order valence-corrected chi connectivity index (χ2v) is 4.73. The molecule has 1 aromatic carbocycles. The lowest BCUT2D eigenvalue weighted by Crippen LogP contribution is -2.12. The predicted octanol–water partition coefficient (Wildman–Crippen LogP) is 2.84. The molecule has 0 aromatic heterocycles. The lowest BCUT2D eigenvalue weighted by molar-refractivity contribution is 0.137. The number of methoxy groups -OCH3 is 1. The zero-order valence-electron chi connectivity index (χ0n) is 7.36. The van der Waals surface area contributed by atoms with Crippen LogP contribution >= 0.6 is 11.8 Å². The first-order chi connectivity index (χ1) is 6.36. The first-order valence-electron chi connectivity index (χ1n) is 4.37. The summed E-state index contributed by atoms with van der Waals surface area (Å²) >= 11 is 1.88. The third-order valence-electron chi connectivity index (χ3n) is 2.70. The summed E-state index contributed by atoms with van der Waals surface area (Å²) in [4.78, 5) is -0.0334. The van der Waals surface area contributed by atoms with E-state index in [2.05, 4.69) is 36.4 Å². The minimum atomic E-state index is -0.0334. The van der Waals surface area contributed by atoms with Crippen molar-refractivity contribution in [2.24, 2.45) is 0 Å². The fraction of sp³-hybridized carbons (Fsp3) is 0.273. The SMILES string of the molecule is COC12C=Cc3ccccc3C1S2. The molecule has 0 N–H and O–H groups in total. The molecule has 1 fully saturated rings. The minimum Gasteiger partial charge on any atom is -0.362 e. The van der Waals surface area contributed by atoms with Crippen molar-refractivity contribution in [2.45, 2.75) is 10.2 Å². The van der Waals surface area contributed by atoms with Gasteiger partial charge in [-0.05, 0) is 17.2 Å². The van der Waals surface area contributed by atoms with Crippen molar-refractivity contribution in [2.75, 3.05) is 7.11 Å². The number of hydrogen-bond donors (Lipinski definition) is 0. The van der Waals surface area contributed by atoms with Gasteiger partial charge >= 0.3 is 0 Å². The van der Waals surface area contributed by atoms with E-state index in [1.54, 1.807) is 7.11 Å². The van der Waals surface area contributed by atoms with Crippen LogP contribution in [-0.4, -0.2) is 12.0 Å². The molecule has 66 valence electrons. The van der Waals surface area contributed by atoms with Gasteiger partial charge in [0.2, 0.25) is 0 Å². The monoisotopic (exact) mass is 190 g/mol. The lowest BCUT2D eigenvalue weighted by Gasteiger charge is -2.14. The van der Waals surface area contributed by atoms with Gasteiger partial charge in [0, 0.05) is 7.11 Å². The summed E-state index contributed by atoms with van der Waals surface area (Å²) in [5.74, 6) is 0. The molecule has 1 aliphatic heterocycles. The van der Waals surface area contributed by atoms with Gasteiger partial charge in [-0.25, -0.2) is 0 Å². The summed E-state index contributed by atoms with van der Waals surface area (Å²) in [6.45, 7) is 0. The topological polar surface area (TPSA) is 9.23 Å². The zero-order valence-corrected chi connectivity index (χ0v) is 8.17. The Morgan fingerprint density at radius 1 is 1.38 bits per heavy atom. The average Bonchev–Trinajstić information content (AvgIpc) is 2.93. The average molecular weight is 190 g/mol. The van der Waals surface area contributed by atoms with Crippen LogP contribution in [0.1, 0.15) is 16.4 Å². The van der Waals surface area contributed by atoms with E-state index < -0.39 is 0 Å². The Balaban J connectivity index is 2.12. The zero-order chi connectivity index (χ0) is 8.89. The van der Waals surface area contributed by atoms with Crippen molar-refractivity contribution >= 4 is 17.8 Å². The van der Waals surface area contributed by atoms with Crippen LogP contribution in [0.15, 0.2) is 30.3 Å². The van der Waals surface area contributed by atoms with Crippen LogP contribution in [0.4, 0.5) is 0 Å². The number of thioether (sulfide) groups is 1. The standard InChI is InChI=1S/C11H10OS/c1-12-11-7-6-8-4-2-3-5-9(8)10(11)13-11/h2-7,10H,1H3. The van der Waals surface area contributed by atoms with Crippen molar-refractivity contribution in [1.29, 1.82) is 0 Å². The molecule has 0 bridgehead atoms. The van der Waals surface area contributed by atoms with Gasteiger partial charge in [-0.15, -0.1) is 11.8 Å². The van der Waals surface area contributed by atoms with Gasteiger partial charge < -0.3 is 4.74 Å². The van der Waals surface area contributed by atoms with E-state index in [0.717, 1.165) is 0 Å². The molecule has 2 atom stereocenters. The Bertz CT molecular complexity index is 385. The van der Waals surface area contributed by atoms with E-state index in [4.69, 9.17) is 4.74 Å². The molecule has 13 heavy (non-hydrogen) atoms. The molecule has 1 nitrogen and oxygen atoms in total. The molecule has 0 radical (unpaired) electrons. The van der Waals surface area contributed by atoms with E-state index in [0.29, 0.717) is 5.25 Å². The van der Waals surface area contributed by atoms with E-state index >= 15 is 0 Å². The third kappa shape index (κ3) is 0.930. The van der Waals surface area contributed by atoms with Gasteiger partial charge in [-0.3, -0.25) is 0 Å². The Kier molecular flexibility index (Phi) is 1.41. The largest absolute Gasteiger partial charge is 0.362 e. The molecule has 1 saturated heterocycles. The molecular weight excluding hydrogens is 180 g/mol. The number of fused-ring (bicyclic) bond motifs is 3. The molecule has 2 heteroatoms. The summed E-state index contributed by atoms with van der Waals surface area (Å²) in [7, 11) is 1.78. The molecule has 2 unspecified atom stereocenters. The van der Waals surface area contributed by atoms with Crippen LogP contribution in [0.3, 0.4) is 0 Å². The van der Waals surface area contributed by atoms with Crippen LogP contribution in [0.5, 0.6) is 0 Å². The number of rotatable bonds is 1. The third-order valence-corrected chi connectivity index (χ3v) is 4.20. The maximum Gasteiger partial charge on any atom is 0.149 e. The van der Waals surface area contributed by atoms with Crippen molar-refractivity contribution in [1.82, 2.24) is 0 Å². The molecule has 0 amide bonds. The van der Waals surface area contributed by atoms with Crippen LogP contribution in [0, 0.1) is 0 Å². The van der Waals surface area contributed by atoms with E-state index in [1.807, 2.05) is 11.8 Å². The van der Waals surface area contributed by atoms with Gasteiger partial charge in [0.15, 0.2) is 0 Å². The quantitative estimate of drug-likeness (QED) is 0.630. The Morgan fingerprint density at radius 2 is 2.23 bits per heavy atom. The van der Waals surface area contributed by atoms with Gasteiger partial charge in [-0.2, -0.15) is 0 Å². The Labute approximate surface area is 81.8 Å². The summed E-state index contributed by atoms with van der Waals surface area (Å²) in [5, 5.41) is 0.527. The lowest BCUT2D eigenvalue weighted by atomic mass is 9.96. The van der Waals surface area contributed by atoms with E-state index in [1.165, 1.54) is 11.1 Å². The smallest absolute Gasteiger partial charge is 0.149 e. The highest BCUT2D eigenvalue weighted by Crippen LogP contribution is 2.68. The summed E-state index contributed by atoms with van der Waals surface area (Å²) in [6.07, 6.45) is 4.33. The van der Waals surface area contributed by atoms with Gasteiger partial charge in [0.05, 0.1) is 5.25 Å². The van der Waals surface area contributed by atoms with Crippen molar-refractivity contribution in [3.05, 3.63) is 41.5 Å². The summed E-state index contributed by atoms with van der Waals surface area (Å²) < 4.78 is 5.49. The van der Waals surface area contributed by atoms with Crippen LogP contribution < -0.4 is 0 Å².